The van der Waals surface area contributed by atoms with E-state index in [9.17, 15) is 34.5 Å². The Morgan fingerprint density at radius 2 is 0.596 bits per heavy atom. The van der Waals surface area contributed by atoms with Gasteiger partial charge in [0.05, 0.1) is 0 Å². The van der Waals surface area contributed by atoms with Gasteiger partial charge < -0.3 is 46.2 Å². The Kier molecular flexibility index (Phi) is 13.9. The zero-order valence-corrected chi connectivity index (χ0v) is 24.3. The number of hydrogen-bond donors (Lipinski definition) is 2. The fraction of sp³-hybridized carbons (Fsp3) is 0. The minimum absolute atomic E-state index is 0. The van der Waals surface area contributed by atoms with Crippen LogP contribution in [-0.4, -0.2) is 64.2 Å². The summed E-state index contributed by atoms with van der Waals surface area (Å²) in [5.74, 6) is 14.0. The normalized spacial score (nSPS) is 10.6. The molecule has 0 aliphatic carbocycles. The van der Waals surface area contributed by atoms with Crippen molar-refractivity contribution in [2.75, 3.05) is 11.7 Å². The Hall–Kier alpha value is -5.43. The minimum Gasteiger partial charge on any atom is -0.418 e. The van der Waals surface area contributed by atoms with Crippen molar-refractivity contribution in [3.8, 4) is 46.1 Å². The topological polar surface area (TPSA) is 165 Å². The van der Waals surface area contributed by atoms with E-state index in [1.54, 1.807) is 24.8 Å². The average Bonchev–Trinajstić information content (AvgIpc) is 3.60. The summed E-state index contributed by atoms with van der Waals surface area (Å²) in [6, 6.07) is 22.1. The average molecular weight is 714 g/mol. The first-order chi connectivity index (χ1) is 21.7. The zero-order valence-electron chi connectivity index (χ0n) is 23.3. The van der Waals surface area contributed by atoms with Gasteiger partial charge in [0.25, 0.3) is 0 Å². The van der Waals surface area contributed by atoms with Crippen molar-refractivity contribution >= 4 is 14.5 Å². The number of nitrogens with zero attached hydrogens (tertiary/aromatic N) is 10. The number of nitrogens with two attached hydrogens (primary N) is 2. The fourth-order valence-electron chi connectivity index (χ4n) is 3.26. The Balaban J connectivity index is 0.000000251. The molecule has 0 spiro atoms. The molecule has 4 N–H and O–H groups in total. The molecular weight excluding hydrogens is 694 g/mol. The summed E-state index contributed by atoms with van der Waals surface area (Å²) in [7, 11) is -12.0. The maximum Gasteiger partial charge on any atom is 2.00 e. The number of rotatable bonds is 4. The Bertz CT molecular complexity index is 1510. The van der Waals surface area contributed by atoms with Crippen molar-refractivity contribution < 1.29 is 51.6 Å². The van der Waals surface area contributed by atoms with E-state index < -0.39 is 14.5 Å². The van der Waals surface area contributed by atoms with E-state index in [1.165, 1.54) is 9.35 Å². The van der Waals surface area contributed by atoms with E-state index in [0.717, 1.165) is 0 Å². The van der Waals surface area contributed by atoms with Gasteiger partial charge in [-0.25, -0.2) is 9.35 Å². The molecule has 47 heavy (non-hydrogen) atoms. The summed E-state index contributed by atoms with van der Waals surface area (Å²) < 4.78 is 80.8. The van der Waals surface area contributed by atoms with Crippen LogP contribution in [0.4, 0.5) is 34.5 Å². The molecule has 23 heteroatoms. The van der Waals surface area contributed by atoms with Gasteiger partial charge in [-0.3, -0.25) is 19.9 Å². The second-order valence-corrected chi connectivity index (χ2v) is 8.28. The molecule has 0 atom stereocenters. The molecule has 6 aromatic rings. The van der Waals surface area contributed by atoms with Gasteiger partial charge in [-0.15, -0.1) is 20.4 Å². The van der Waals surface area contributed by atoms with E-state index in [0.29, 0.717) is 46.1 Å². The molecule has 0 aromatic carbocycles. The van der Waals surface area contributed by atoms with E-state index in [-0.39, 0.29) is 17.1 Å². The van der Waals surface area contributed by atoms with Gasteiger partial charge in [0.2, 0.25) is 23.3 Å². The van der Waals surface area contributed by atoms with Gasteiger partial charge in [0.15, 0.2) is 0 Å². The van der Waals surface area contributed by atoms with Crippen LogP contribution in [0, 0.1) is 0 Å². The van der Waals surface area contributed by atoms with Gasteiger partial charge in [-0.1, -0.05) is 24.3 Å². The molecule has 0 aliphatic rings. The van der Waals surface area contributed by atoms with Crippen molar-refractivity contribution in [1.29, 1.82) is 0 Å². The summed E-state index contributed by atoms with van der Waals surface area (Å²) >= 11 is 0. The van der Waals surface area contributed by atoms with Crippen LogP contribution >= 0.6 is 0 Å². The standard InChI is InChI=1S/2C12H10N6.2BF4.Cu/c2*13-18-11(9-5-1-3-7-14-9)16-17-12(18)10-6-2-4-8-15-10;2*2-1(3,4)5;/h2*1-8H,13H2;;;/q;;2*-1;+2. The summed E-state index contributed by atoms with van der Waals surface area (Å²) in [6.45, 7) is 0. The summed E-state index contributed by atoms with van der Waals surface area (Å²) in [6.07, 6.45) is 6.74. The Morgan fingerprint density at radius 1 is 0.404 bits per heavy atom. The van der Waals surface area contributed by atoms with Gasteiger partial charge in [0, 0.05) is 24.8 Å². The van der Waals surface area contributed by atoms with E-state index in [2.05, 4.69) is 40.3 Å². The largest absolute Gasteiger partial charge is 2.00 e. The molecule has 0 aliphatic heterocycles. The van der Waals surface area contributed by atoms with Crippen molar-refractivity contribution in [2.45, 2.75) is 0 Å². The molecule has 0 saturated heterocycles. The van der Waals surface area contributed by atoms with Gasteiger partial charge in [0.1, 0.15) is 22.8 Å². The Labute approximate surface area is 271 Å². The predicted octanol–water partition coefficient (Wildman–Crippen LogP) is 4.83. The monoisotopic (exact) mass is 713 g/mol. The molecule has 6 aromatic heterocycles. The third kappa shape index (κ3) is 12.8. The molecule has 0 saturated carbocycles. The maximum absolute atomic E-state index is 9.75. The maximum atomic E-state index is 9.75. The smallest absolute Gasteiger partial charge is 0.418 e. The summed E-state index contributed by atoms with van der Waals surface area (Å²) in [4.78, 5) is 16.8. The minimum atomic E-state index is -6.00. The van der Waals surface area contributed by atoms with Gasteiger partial charge in [-0.05, 0) is 48.5 Å². The molecular formula is C24H20B2CuF8N12. The number of halogens is 8. The summed E-state index contributed by atoms with van der Waals surface area (Å²) in [5, 5.41) is 16.2. The molecule has 0 amide bonds. The first-order valence-electron chi connectivity index (χ1n) is 12.5. The number of hydrogen-bond acceptors (Lipinski definition) is 10. The Morgan fingerprint density at radius 3 is 0.745 bits per heavy atom. The van der Waals surface area contributed by atoms with E-state index in [1.807, 2.05) is 72.8 Å². The third-order valence-electron chi connectivity index (χ3n) is 4.97. The number of aromatic nitrogens is 10. The van der Waals surface area contributed by atoms with Crippen molar-refractivity contribution in [1.82, 2.24) is 49.7 Å². The molecule has 0 bridgehead atoms. The second-order valence-electron chi connectivity index (χ2n) is 8.28. The third-order valence-corrected chi connectivity index (χ3v) is 4.97. The van der Waals surface area contributed by atoms with Crippen LogP contribution in [0.5, 0.6) is 0 Å². The quantitative estimate of drug-likeness (QED) is 0.147. The second kappa shape index (κ2) is 17.3. The molecule has 6 rings (SSSR count). The van der Waals surface area contributed by atoms with Crippen LogP contribution in [0.3, 0.4) is 0 Å². The predicted molar refractivity (Wildman–Crippen MR) is 154 cm³/mol. The number of pyridine rings is 4. The van der Waals surface area contributed by atoms with Crippen molar-refractivity contribution in [2.24, 2.45) is 0 Å². The summed E-state index contributed by atoms with van der Waals surface area (Å²) in [5.41, 5.74) is 2.70. The molecule has 0 unspecified atom stereocenters. The number of nitrogen functional groups attached to an aromatic ring is 2. The van der Waals surface area contributed by atoms with Crippen LogP contribution in [0.2, 0.25) is 0 Å². The van der Waals surface area contributed by atoms with E-state index >= 15 is 0 Å². The molecule has 0 fully saturated rings. The first-order valence-corrected chi connectivity index (χ1v) is 12.5. The van der Waals surface area contributed by atoms with Crippen LogP contribution < -0.4 is 11.7 Å². The van der Waals surface area contributed by atoms with Crippen molar-refractivity contribution in [3.63, 3.8) is 0 Å². The first kappa shape index (κ1) is 37.8. The molecule has 6 heterocycles. The molecule has 1 radical (unpaired) electrons. The SMILES string of the molecule is F[B-](F)(F)F.F[B-](F)(F)F.Nn1c(-c2ccccn2)nnc1-c1ccccn1.Nn1c(-c2ccccn2)nnc1-c1ccccn1.[Cu+2]. The van der Waals surface area contributed by atoms with Gasteiger partial charge >= 0.3 is 31.6 Å². The van der Waals surface area contributed by atoms with Crippen molar-refractivity contribution in [3.05, 3.63) is 97.6 Å². The molecule has 249 valence electrons. The van der Waals surface area contributed by atoms with Gasteiger partial charge in [-0.2, -0.15) is 0 Å². The fourth-order valence-corrected chi connectivity index (χ4v) is 3.26. The van der Waals surface area contributed by atoms with Crippen LogP contribution in [0.1, 0.15) is 0 Å². The molecule has 12 nitrogen and oxygen atoms in total. The van der Waals surface area contributed by atoms with Crippen LogP contribution in [0.15, 0.2) is 97.6 Å². The van der Waals surface area contributed by atoms with Crippen LogP contribution in [-0.2, 0) is 17.1 Å². The van der Waals surface area contributed by atoms with E-state index in [4.69, 9.17) is 11.7 Å². The zero-order chi connectivity index (χ0) is 33.7. The van der Waals surface area contributed by atoms with Crippen LogP contribution in [0.25, 0.3) is 46.1 Å².